The summed E-state index contributed by atoms with van der Waals surface area (Å²) in [5.41, 5.74) is 2.15. The summed E-state index contributed by atoms with van der Waals surface area (Å²) in [6.07, 6.45) is 0. The third kappa shape index (κ3) is 2.54. The van der Waals surface area contributed by atoms with Crippen LogP contribution < -0.4 is 5.32 Å². The zero-order chi connectivity index (χ0) is 9.84. The van der Waals surface area contributed by atoms with Crippen molar-refractivity contribution in [2.24, 2.45) is 0 Å². The number of aliphatic hydroxyl groups excluding tert-OH is 1. The average Bonchev–Trinajstić information content (AvgIpc) is 2.41. The molecule has 1 rings (SSSR count). The smallest absolute Gasteiger partial charge is 0.0602 e. The largest absolute Gasteiger partial charge is 0.395 e. The van der Waals surface area contributed by atoms with Crippen molar-refractivity contribution in [3.05, 3.63) is 17.5 Å². The van der Waals surface area contributed by atoms with E-state index in [4.69, 9.17) is 5.11 Å². The maximum Gasteiger partial charge on any atom is 0.0602 e. The fourth-order valence-corrected chi connectivity index (χ4v) is 1.31. The number of nitrogens with one attached hydrogen (secondary N) is 1. The van der Waals surface area contributed by atoms with Gasteiger partial charge in [0, 0.05) is 11.7 Å². The lowest BCUT2D eigenvalue weighted by atomic mass is 10.3. The summed E-state index contributed by atoms with van der Waals surface area (Å²) in [4.78, 5) is 0. The van der Waals surface area contributed by atoms with Gasteiger partial charge in [0.25, 0.3) is 0 Å². The second-order valence-corrected chi connectivity index (χ2v) is 3.28. The van der Waals surface area contributed by atoms with E-state index in [1.165, 1.54) is 0 Å². The Hall–Kier alpha value is -0.870. The van der Waals surface area contributed by atoms with Crippen molar-refractivity contribution in [2.75, 3.05) is 13.7 Å². The topological polar surface area (TPSA) is 50.1 Å². The molecule has 4 heteroatoms. The second kappa shape index (κ2) is 4.39. The molecule has 0 aromatic carbocycles. The van der Waals surface area contributed by atoms with Gasteiger partial charge in [-0.2, -0.15) is 5.10 Å². The molecule has 0 spiro atoms. The van der Waals surface area contributed by atoms with Gasteiger partial charge in [-0.25, -0.2) is 0 Å². The van der Waals surface area contributed by atoms with Gasteiger partial charge < -0.3 is 10.4 Å². The first-order valence-electron chi connectivity index (χ1n) is 4.46. The van der Waals surface area contributed by atoms with Crippen LogP contribution in [0.25, 0.3) is 0 Å². The van der Waals surface area contributed by atoms with Gasteiger partial charge in [0.15, 0.2) is 0 Å². The van der Waals surface area contributed by atoms with E-state index in [1.807, 2.05) is 31.6 Å². The van der Waals surface area contributed by atoms with Crippen molar-refractivity contribution in [1.29, 1.82) is 0 Å². The molecule has 0 saturated carbocycles. The lowest BCUT2D eigenvalue weighted by Crippen LogP contribution is -2.34. The molecule has 74 valence electrons. The predicted octanol–water partition coefficient (Wildman–Crippen LogP) is 0.0802. The third-order valence-electron chi connectivity index (χ3n) is 2.13. The highest BCUT2D eigenvalue weighted by molar-refractivity contribution is 5.06. The van der Waals surface area contributed by atoms with E-state index in [0.29, 0.717) is 6.54 Å². The Kier molecular flexibility index (Phi) is 3.45. The first kappa shape index (κ1) is 10.2. The number of aliphatic hydroxyl groups is 1. The van der Waals surface area contributed by atoms with Crippen molar-refractivity contribution < 1.29 is 5.11 Å². The maximum atomic E-state index is 8.98. The van der Waals surface area contributed by atoms with E-state index in [0.717, 1.165) is 11.4 Å². The molecule has 0 radical (unpaired) electrons. The quantitative estimate of drug-likeness (QED) is 0.695. The van der Waals surface area contributed by atoms with Crippen LogP contribution >= 0.6 is 0 Å². The third-order valence-corrected chi connectivity index (χ3v) is 2.13. The van der Waals surface area contributed by atoms with Gasteiger partial charge in [-0.05, 0) is 27.0 Å². The monoisotopic (exact) mass is 183 g/mol. The van der Waals surface area contributed by atoms with Crippen molar-refractivity contribution in [1.82, 2.24) is 15.1 Å². The molecule has 1 atom stereocenters. The van der Waals surface area contributed by atoms with E-state index < -0.39 is 0 Å². The zero-order valence-electron chi connectivity index (χ0n) is 8.41. The highest BCUT2D eigenvalue weighted by Gasteiger charge is 2.07. The summed E-state index contributed by atoms with van der Waals surface area (Å²) < 4.78 is 1.91. The predicted molar refractivity (Wildman–Crippen MR) is 51.6 cm³/mol. The average molecular weight is 183 g/mol. The van der Waals surface area contributed by atoms with Crippen LogP contribution in [0.5, 0.6) is 0 Å². The summed E-state index contributed by atoms with van der Waals surface area (Å²) in [6.45, 7) is 4.84. The molecule has 1 unspecified atom stereocenters. The lowest BCUT2D eigenvalue weighted by molar-refractivity contribution is 0.231. The molecule has 0 fully saturated rings. The Bertz CT molecular complexity index is 266. The molecule has 1 aromatic rings. The minimum absolute atomic E-state index is 0.0815. The highest BCUT2D eigenvalue weighted by atomic mass is 16.3. The normalized spacial score (nSPS) is 13.2. The Labute approximate surface area is 78.6 Å². The Morgan fingerprint density at radius 2 is 2.31 bits per heavy atom. The standard InChI is InChI=1S/C9H17N3O/c1-7-4-8(2)12(11-7)5-9(6-13)10-3/h4,9-10,13H,5-6H2,1-3H3. The first-order chi connectivity index (χ1) is 6.17. The van der Waals surface area contributed by atoms with Crippen molar-refractivity contribution in [3.8, 4) is 0 Å². The van der Waals surface area contributed by atoms with E-state index in [1.54, 1.807) is 0 Å². The summed E-state index contributed by atoms with van der Waals surface area (Å²) in [5.74, 6) is 0. The number of aromatic nitrogens is 2. The van der Waals surface area contributed by atoms with Gasteiger partial charge in [-0.1, -0.05) is 0 Å². The Balaban J connectivity index is 2.67. The van der Waals surface area contributed by atoms with Gasteiger partial charge in [-0.3, -0.25) is 4.68 Å². The summed E-state index contributed by atoms with van der Waals surface area (Å²) in [5, 5.41) is 16.3. The van der Waals surface area contributed by atoms with Crippen LogP contribution in [0.1, 0.15) is 11.4 Å². The fourth-order valence-electron chi connectivity index (χ4n) is 1.31. The molecule has 0 amide bonds. The van der Waals surface area contributed by atoms with Crippen molar-refractivity contribution in [2.45, 2.75) is 26.4 Å². The minimum Gasteiger partial charge on any atom is -0.395 e. The number of nitrogens with zero attached hydrogens (tertiary/aromatic N) is 2. The highest BCUT2D eigenvalue weighted by Crippen LogP contribution is 2.02. The van der Waals surface area contributed by atoms with Crippen molar-refractivity contribution in [3.63, 3.8) is 0 Å². The molecule has 0 aliphatic carbocycles. The van der Waals surface area contributed by atoms with Crippen LogP contribution in [-0.2, 0) is 6.54 Å². The van der Waals surface area contributed by atoms with E-state index in [9.17, 15) is 0 Å². The second-order valence-electron chi connectivity index (χ2n) is 3.28. The fraction of sp³-hybridized carbons (Fsp3) is 0.667. The summed E-state index contributed by atoms with van der Waals surface area (Å²) in [7, 11) is 1.84. The van der Waals surface area contributed by atoms with Crippen LogP contribution in [0, 0.1) is 13.8 Å². The molecular weight excluding hydrogens is 166 g/mol. The molecule has 1 aromatic heterocycles. The molecule has 0 saturated heterocycles. The summed E-state index contributed by atoms with van der Waals surface area (Å²) in [6, 6.07) is 2.11. The Morgan fingerprint density at radius 3 is 2.69 bits per heavy atom. The van der Waals surface area contributed by atoms with Gasteiger partial charge in [0.05, 0.1) is 18.8 Å². The van der Waals surface area contributed by atoms with E-state index in [2.05, 4.69) is 10.4 Å². The van der Waals surface area contributed by atoms with Crippen molar-refractivity contribution >= 4 is 0 Å². The molecule has 4 nitrogen and oxygen atoms in total. The van der Waals surface area contributed by atoms with Crippen LogP contribution in [0.3, 0.4) is 0 Å². The molecule has 2 N–H and O–H groups in total. The van der Waals surface area contributed by atoms with E-state index >= 15 is 0 Å². The number of hydrogen-bond donors (Lipinski definition) is 2. The molecule has 0 bridgehead atoms. The molecule has 0 aliphatic heterocycles. The van der Waals surface area contributed by atoms with Crippen LogP contribution in [0.2, 0.25) is 0 Å². The number of hydrogen-bond acceptors (Lipinski definition) is 3. The van der Waals surface area contributed by atoms with Crippen LogP contribution in [0.15, 0.2) is 6.07 Å². The van der Waals surface area contributed by atoms with Gasteiger partial charge in [0.2, 0.25) is 0 Å². The number of likely N-dealkylation sites (N-methyl/N-ethyl adjacent to an activating group) is 1. The first-order valence-corrected chi connectivity index (χ1v) is 4.46. The lowest BCUT2D eigenvalue weighted by Gasteiger charge is -2.13. The maximum absolute atomic E-state index is 8.98. The number of aryl methyl sites for hydroxylation is 2. The number of rotatable bonds is 4. The van der Waals surface area contributed by atoms with Gasteiger partial charge >= 0.3 is 0 Å². The molecule has 1 heterocycles. The molecule has 13 heavy (non-hydrogen) atoms. The zero-order valence-corrected chi connectivity index (χ0v) is 8.41. The Morgan fingerprint density at radius 1 is 1.62 bits per heavy atom. The molecule has 0 aliphatic rings. The van der Waals surface area contributed by atoms with E-state index in [-0.39, 0.29) is 12.6 Å². The van der Waals surface area contributed by atoms with Gasteiger partial charge in [-0.15, -0.1) is 0 Å². The minimum atomic E-state index is 0.0815. The molecular formula is C9H17N3O. The summed E-state index contributed by atoms with van der Waals surface area (Å²) >= 11 is 0. The van der Waals surface area contributed by atoms with Crippen LogP contribution in [0.4, 0.5) is 0 Å². The van der Waals surface area contributed by atoms with Gasteiger partial charge in [0.1, 0.15) is 0 Å². The SMILES string of the molecule is CNC(CO)Cn1nc(C)cc1C. The van der Waals surface area contributed by atoms with Crippen LogP contribution in [-0.4, -0.2) is 34.6 Å².